The molecule has 15 nitrogen and oxygen atoms in total. The van der Waals surface area contributed by atoms with Gasteiger partial charge in [-0.15, -0.1) is 10.2 Å². The topological polar surface area (TPSA) is 218 Å². The van der Waals surface area contributed by atoms with E-state index in [2.05, 4.69) is 25.8 Å². The molecule has 1 aliphatic rings. The van der Waals surface area contributed by atoms with E-state index in [0.29, 0.717) is 22.3 Å². The van der Waals surface area contributed by atoms with Crippen molar-refractivity contribution in [2.45, 2.75) is 18.6 Å². The second kappa shape index (κ2) is 8.96. The minimum Gasteiger partial charge on any atom is -0.380 e. The van der Waals surface area contributed by atoms with Crippen LogP contribution in [0.1, 0.15) is 17.4 Å². The van der Waals surface area contributed by atoms with Crippen LogP contribution in [0.2, 0.25) is 0 Å². The summed E-state index contributed by atoms with van der Waals surface area (Å²) in [7, 11) is 0. The third-order valence-corrected chi connectivity index (χ3v) is 5.83. The largest absolute Gasteiger partial charge is 0.380 e. The number of aromatic nitrogens is 5. The van der Waals surface area contributed by atoms with Gasteiger partial charge < -0.3 is 31.2 Å². The predicted octanol–water partition coefficient (Wildman–Crippen LogP) is -0.394. The maximum absolute atomic E-state index is 13.3. The van der Waals surface area contributed by atoms with Crippen LogP contribution in [0.25, 0.3) is 16.7 Å². The highest BCUT2D eigenvalue weighted by atomic mass is 16.5. The number of morpholine rings is 1. The maximum Gasteiger partial charge on any atom is 0.269 e. The number of fused-ring (bicyclic) bond motifs is 1. The smallest absolute Gasteiger partial charge is 0.269 e. The summed E-state index contributed by atoms with van der Waals surface area (Å²) in [4.78, 5) is 39.0. The Morgan fingerprint density at radius 1 is 1.27 bits per heavy atom. The maximum atomic E-state index is 13.3. The first-order chi connectivity index (χ1) is 17.6. The first kappa shape index (κ1) is 23.8. The van der Waals surface area contributed by atoms with Crippen LogP contribution in [0.3, 0.4) is 0 Å². The summed E-state index contributed by atoms with van der Waals surface area (Å²) in [6.07, 6.45) is 1.40. The van der Waals surface area contributed by atoms with Gasteiger partial charge in [-0.2, -0.15) is 5.10 Å². The highest BCUT2D eigenvalue weighted by Gasteiger charge is 2.49. The molecule has 37 heavy (non-hydrogen) atoms. The lowest BCUT2D eigenvalue weighted by molar-refractivity contribution is -0.165. The number of nitrogen functional groups attached to an aromatic ring is 1. The average Bonchev–Trinajstić information content (AvgIpc) is 3.51. The molecule has 3 amide bonds. The van der Waals surface area contributed by atoms with E-state index >= 15 is 0 Å². The Balaban J connectivity index is 1.34. The molecule has 6 N–H and O–H groups in total. The monoisotopic (exact) mass is 507 g/mol. The minimum absolute atomic E-state index is 0.0403. The van der Waals surface area contributed by atoms with Crippen molar-refractivity contribution < 1.29 is 28.8 Å². The molecule has 0 bridgehead atoms. The van der Waals surface area contributed by atoms with Crippen LogP contribution in [0.15, 0.2) is 47.2 Å². The van der Waals surface area contributed by atoms with E-state index in [0.717, 1.165) is 0 Å². The number of hydrogen-bond donors (Lipinski definition) is 4. The fourth-order valence-electron chi connectivity index (χ4n) is 3.83. The summed E-state index contributed by atoms with van der Waals surface area (Å²) in [6.45, 7) is 1.36. The van der Waals surface area contributed by atoms with Crippen molar-refractivity contribution in [3.05, 3.63) is 48.4 Å². The number of nitrogens with two attached hydrogens (primary N) is 2. The number of ether oxygens (including phenoxy) is 1. The van der Waals surface area contributed by atoms with Crippen LogP contribution < -0.4 is 21.7 Å². The van der Waals surface area contributed by atoms with Crippen molar-refractivity contribution in [2.24, 2.45) is 5.73 Å². The van der Waals surface area contributed by atoms with Gasteiger partial charge in [0, 0.05) is 24.0 Å². The molecular weight excluding hydrogens is 486 g/mol. The number of anilines is 3. The molecule has 4 aromatic rings. The molecule has 15 heteroatoms. The molecule has 3 aromatic heterocycles. The van der Waals surface area contributed by atoms with Gasteiger partial charge in [0.1, 0.15) is 0 Å². The number of nitrogens with one attached hydrogen (secondary N) is 1. The number of hydrogen-bond acceptors (Lipinski definition) is 11. The quantitative estimate of drug-likeness (QED) is 0.263. The highest BCUT2D eigenvalue weighted by Crippen LogP contribution is 2.27. The van der Waals surface area contributed by atoms with Gasteiger partial charge in [0.15, 0.2) is 34.6 Å². The Bertz CT molecular complexity index is 1530. The van der Waals surface area contributed by atoms with Crippen LogP contribution >= 0.6 is 0 Å². The van der Waals surface area contributed by atoms with Gasteiger partial charge in [-0.25, -0.2) is 4.68 Å². The number of amides is 3. The van der Waals surface area contributed by atoms with E-state index in [9.17, 15) is 19.5 Å². The zero-order valence-electron chi connectivity index (χ0n) is 19.4. The molecule has 1 saturated heterocycles. The predicted molar refractivity (Wildman–Crippen MR) is 127 cm³/mol. The number of benzene rings is 1. The Morgan fingerprint density at radius 3 is 2.86 bits per heavy atom. The first-order valence-electron chi connectivity index (χ1n) is 11.0. The molecule has 1 aromatic carbocycles. The van der Waals surface area contributed by atoms with Gasteiger partial charge in [-0.1, -0.05) is 5.16 Å². The molecule has 190 valence electrons. The van der Waals surface area contributed by atoms with E-state index in [1.54, 1.807) is 24.4 Å². The fourth-order valence-corrected chi connectivity index (χ4v) is 3.83. The van der Waals surface area contributed by atoms with Gasteiger partial charge in [0.2, 0.25) is 0 Å². The van der Waals surface area contributed by atoms with Crippen molar-refractivity contribution >= 4 is 46.0 Å². The summed E-state index contributed by atoms with van der Waals surface area (Å²) in [5, 5.41) is 29.6. The lowest BCUT2D eigenvalue weighted by atomic mass is 9.95. The molecular formula is C22H21N9O6. The summed E-state index contributed by atoms with van der Waals surface area (Å²) in [5.41, 5.74) is 9.70. The SMILES string of the molecule is CC(O)(C(=O)Nc1ccc2c(N)noc2c1)C1OCCN(c2ccn(-c3cnnc(C(N)=O)c3)n2)C1=O. The first-order valence-corrected chi connectivity index (χ1v) is 11.0. The van der Waals surface area contributed by atoms with Gasteiger partial charge in [-0.3, -0.25) is 19.3 Å². The molecule has 5 rings (SSSR count). The van der Waals surface area contributed by atoms with Crippen molar-refractivity contribution in [1.29, 1.82) is 0 Å². The molecule has 2 atom stereocenters. The Kier molecular flexibility index (Phi) is 5.77. The number of nitrogens with zero attached hydrogens (tertiary/aromatic N) is 6. The molecule has 0 radical (unpaired) electrons. The summed E-state index contributed by atoms with van der Waals surface area (Å²) in [5.74, 6) is -1.84. The number of rotatable bonds is 6. The lowest BCUT2D eigenvalue weighted by Gasteiger charge is -2.37. The van der Waals surface area contributed by atoms with Gasteiger partial charge in [0.25, 0.3) is 17.7 Å². The van der Waals surface area contributed by atoms with E-state index < -0.39 is 29.4 Å². The minimum atomic E-state index is -2.24. The van der Waals surface area contributed by atoms with E-state index in [-0.39, 0.29) is 30.5 Å². The van der Waals surface area contributed by atoms with Crippen LogP contribution in [-0.4, -0.2) is 72.8 Å². The van der Waals surface area contributed by atoms with Gasteiger partial charge in [-0.05, 0) is 25.1 Å². The third-order valence-electron chi connectivity index (χ3n) is 5.83. The molecule has 0 saturated carbocycles. The normalized spacial score (nSPS) is 17.5. The molecule has 2 unspecified atom stereocenters. The molecule has 0 spiro atoms. The zero-order chi connectivity index (χ0) is 26.3. The molecule has 1 fully saturated rings. The number of carbonyl (C=O) groups excluding carboxylic acids is 3. The van der Waals surface area contributed by atoms with Crippen LogP contribution in [0.4, 0.5) is 17.3 Å². The van der Waals surface area contributed by atoms with Crippen LogP contribution in [-0.2, 0) is 14.3 Å². The van der Waals surface area contributed by atoms with Gasteiger partial charge in [0.05, 0.1) is 30.4 Å². The summed E-state index contributed by atoms with van der Waals surface area (Å²) < 4.78 is 12.0. The fraction of sp³-hybridized carbons (Fsp3) is 0.227. The second-order valence-corrected chi connectivity index (χ2v) is 8.40. The zero-order valence-corrected chi connectivity index (χ0v) is 19.4. The van der Waals surface area contributed by atoms with E-state index in [1.165, 1.54) is 34.8 Å². The van der Waals surface area contributed by atoms with E-state index in [4.69, 9.17) is 20.7 Å². The van der Waals surface area contributed by atoms with E-state index in [1.807, 2.05) is 0 Å². The van der Waals surface area contributed by atoms with Crippen molar-refractivity contribution in [3.8, 4) is 5.69 Å². The summed E-state index contributed by atoms with van der Waals surface area (Å²) in [6, 6.07) is 7.61. The van der Waals surface area contributed by atoms with Crippen LogP contribution in [0, 0.1) is 0 Å². The Morgan fingerprint density at radius 2 is 2.08 bits per heavy atom. The number of primary amides is 1. The number of carbonyl (C=O) groups is 3. The van der Waals surface area contributed by atoms with Crippen LogP contribution in [0.5, 0.6) is 0 Å². The van der Waals surface area contributed by atoms with Gasteiger partial charge >= 0.3 is 0 Å². The van der Waals surface area contributed by atoms with Crippen molar-refractivity contribution in [1.82, 2.24) is 25.1 Å². The lowest BCUT2D eigenvalue weighted by Crippen LogP contribution is -2.61. The Labute approximate surface area is 208 Å². The van der Waals surface area contributed by atoms with Crippen molar-refractivity contribution in [3.63, 3.8) is 0 Å². The number of aliphatic hydroxyl groups is 1. The average molecular weight is 507 g/mol. The molecule has 1 aliphatic heterocycles. The standard InChI is InChI=1S/C22H21N9O6/c1-22(35,21(34)26-11-2-3-13-15(8-11)37-29-18(13)23)17-20(33)30(6-7-36-17)16-4-5-31(28-16)12-9-14(19(24)32)27-25-10-12/h2-5,8-10,17,35H,6-7H2,1H3,(H2,23,29)(H2,24,32)(H,26,34). The summed E-state index contributed by atoms with van der Waals surface area (Å²) >= 11 is 0. The molecule has 4 heterocycles. The third kappa shape index (κ3) is 4.32. The second-order valence-electron chi connectivity index (χ2n) is 8.40. The van der Waals surface area contributed by atoms with Crippen molar-refractivity contribution in [2.75, 3.05) is 29.1 Å². The highest BCUT2D eigenvalue weighted by molar-refractivity contribution is 6.06. The Hall–Kier alpha value is -4.89. The molecule has 0 aliphatic carbocycles.